The number of carboxylic acid groups (broad SMARTS) is 1. The van der Waals surface area contributed by atoms with Gasteiger partial charge in [-0.25, -0.2) is 9.97 Å². The van der Waals surface area contributed by atoms with Crippen molar-refractivity contribution in [1.29, 1.82) is 0 Å². The average Bonchev–Trinajstić information content (AvgIpc) is 2.34. The second-order valence-electron chi connectivity index (χ2n) is 3.46. The maximum absolute atomic E-state index is 10.7. The molecule has 1 heterocycles. The van der Waals surface area contributed by atoms with E-state index in [1.165, 1.54) is 0 Å². The number of halogens is 1. The molecule has 0 aliphatic rings. The second-order valence-corrected chi connectivity index (χ2v) is 4.38. The Bertz CT molecular complexity index is 558. The van der Waals surface area contributed by atoms with Crippen molar-refractivity contribution in [3.05, 3.63) is 46.7 Å². The average molecular weight is 309 g/mol. The first-order chi connectivity index (χ1) is 8.65. The lowest BCUT2D eigenvalue weighted by molar-refractivity contribution is -0.136. The van der Waals surface area contributed by atoms with E-state index in [4.69, 9.17) is 9.84 Å². The first kappa shape index (κ1) is 12.5. The third kappa shape index (κ3) is 3.27. The van der Waals surface area contributed by atoms with Gasteiger partial charge in [-0.2, -0.15) is 0 Å². The zero-order valence-electron chi connectivity index (χ0n) is 9.21. The highest BCUT2D eigenvalue weighted by Crippen LogP contribution is 2.23. The van der Waals surface area contributed by atoms with Gasteiger partial charge in [0.05, 0.1) is 10.9 Å². The van der Waals surface area contributed by atoms with Gasteiger partial charge in [-0.15, -0.1) is 0 Å². The molecule has 2 rings (SSSR count). The Morgan fingerprint density at radius 1 is 1.28 bits per heavy atom. The molecule has 0 unspecified atom stereocenters. The van der Waals surface area contributed by atoms with Gasteiger partial charge in [-0.1, -0.05) is 18.2 Å². The number of hydrogen-bond acceptors (Lipinski definition) is 4. The molecule has 92 valence electrons. The van der Waals surface area contributed by atoms with Crippen LogP contribution >= 0.6 is 15.9 Å². The molecule has 0 aliphatic heterocycles. The van der Waals surface area contributed by atoms with Gasteiger partial charge in [0.1, 0.15) is 5.75 Å². The molecule has 1 N–H and O–H groups in total. The van der Waals surface area contributed by atoms with Crippen molar-refractivity contribution in [2.45, 2.75) is 6.42 Å². The SMILES string of the molecule is O=C(O)Cc1ccccc1Oc1ncc(Br)cn1. The predicted molar refractivity (Wildman–Crippen MR) is 67.6 cm³/mol. The first-order valence-electron chi connectivity index (χ1n) is 5.10. The van der Waals surface area contributed by atoms with Gasteiger partial charge in [-0.3, -0.25) is 4.79 Å². The summed E-state index contributed by atoms with van der Waals surface area (Å²) in [6.45, 7) is 0. The van der Waals surface area contributed by atoms with Crippen LogP contribution in [0.2, 0.25) is 0 Å². The van der Waals surface area contributed by atoms with Crippen LogP contribution in [-0.2, 0) is 11.2 Å². The Labute approximate surface area is 112 Å². The van der Waals surface area contributed by atoms with Crippen LogP contribution in [0.3, 0.4) is 0 Å². The van der Waals surface area contributed by atoms with Gasteiger partial charge in [0.15, 0.2) is 0 Å². The number of aromatic nitrogens is 2. The highest BCUT2D eigenvalue weighted by Gasteiger charge is 2.09. The van der Waals surface area contributed by atoms with E-state index < -0.39 is 5.97 Å². The molecular formula is C12H9BrN2O3. The number of hydrogen-bond donors (Lipinski definition) is 1. The van der Waals surface area contributed by atoms with Gasteiger partial charge in [-0.05, 0) is 22.0 Å². The molecule has 0 bridgehead atoms. The van der Waals surface area contributed by atoms with Gasteiger partial charge in [0.2, 0.25) is 0 Å². The molecule has 1 aromatic carbocycles. The number of nitrogens with zero attached hydrogens (tertiary/aromatic N) is 2. The lowest BCUT2D eigenvalue weighted by atomic mass is 10.1. The van der Waals surface area contributed by atoms with E-state index in [1.807, 2.05) is 0 Å². The molecule has 18 heavy (non-hydrogen) atoms. The fourth-order valence-electron chi connectivity index (χ4n) is 1.36. The lowest BCUT2D eigenvalue weighted by Gasteiger charge is -2.07. The highest BCUT2D eigenvalue weighted by atomic mass is 79.9. The molecular weight excluding hydrogens is 300 g/mol. The van der Waals surface area contributed by atoms with Crippen molar-refractivity contribution in [3.8, 4) is 11.8 Å². The topological polar surface area (TPSA) is 72.3 Å². The molecule has 0 aliphatic carbocycles. The normalized spacial score (nSPS) is 10.1. The zero-order valence-corrected chi connectivity index (χ0v) is 10.8. The van der Waals surface area contributed by atoms with E-state index in [9.17, 15) is 4.79 Å². The summed E-state index contributed by atoms with van der Waals surface area (Å²) in [7, 11) is 0. The van der Waals surface area contributed by atoms with E-state index in [2.05, 4.69) is 25.9 Å². The summed E-state index contributed by atoms with van der Waals surface area (Å²) in [5, 5.41) is 8.80. The number of carbonyl (C=O) groups is 1. The molecule has 1 aromatic heterocycles. The summed E-state index contributed by atoms with van der Waals surface area (Å²) >= 11 is 3.22. The number of ether oxygens (including phenoxy) is 1. The van der Waals surface area contributed by atoms with E-state index >= 15 is 0 Å². The minimum absolute atomic E-state index is 0.104. The van der Waals surface area contributed by atoms with Gasteiger partial charge in [0, 0.05) is 18.0 Å². The van der Waals surface area contributed by atoms with Crippen LogP contribution in [0.15, 0.2) is 41.1 Å². The van der Waals surface area contributed by atoms with Crippen LogP contribution in [0.1, 0.15) is 5.56 Å². The van der Waals surface area contributed by atoms with Crippen molar-refractivity contribution >= 4 is 21.9 Å². The Morgan fingerprint density at radius 3 is 2.61 bits per heavy atom. The van der Waals surface area contributed by atoms with Crippen LogP contribution in [0.25, 0.3) is 0 Å². The molecule has 0 spiro atoms. The van der Waals surface area contributed by atoms with Gasteiger partial charge in [0.25, 0.3) is 0 Å². The Morgan fingerprint density at radius 2 is 1.94 bits per heavy atom. The third-order valence-electron chi connectivity index (χ3n) is 2.11. The Hall–Kier alpha value is -1.95. The van der Waals surface area contributed by atoms with Crippen molar-refractivity contribution in [3.63, 3.8) is 0 Å². The molecule has 6 heteroatoms. The fraction of sp³-hybridized carbons (Fsp3) is 0.0833. The molecule has 0 saturated carbocycles. The van der Waals surface area contributed by atoms with E-state index in [1.54, 1.807) is 36.7 Å². The summed E-state index contributed by atoms with van der Waals surface area (Å²) < 4.78 is 6.20. The minimum atomic E-state index is -0.914. The summed E-state index contributed by atoms with van der Waals surface area (Å²) in [5.74, 6) is -0.468. The molecule has 0 amide bonds. The Kier molecular flexibility index (Phi) is 3.88. The highest BCUT2D eigenvalue weighted by molar-refractivity contribution is 9.10. The Balaban J connectivity index is 2.23. The van der Waals surface area contributed by atoms with Crippen LogP contribution in [0.5, 0.6) is 11.8 Å². The van der Waals surface area contributed by atoms with Crippen molar-refractivity contribution in [2.24, 2.45) is 0 Å². The summed E-state index contributed by atoms with van der Waals surface area (Å²) in [4.78, 5) is 18.7. The number of aliphatic carboxylic acids is 1. The number of para-hydroxylation sites is 1. The monoisotopic (exact) mass is 308 g/mol. The van der Waals surface area contributed by atoms with Crippen LogP contribution in [0, 0.1) is 0 Å². The van der Waals surface area contributed by atoms with Gasteiger partial charge < -0.3 is 9.84 Å². The van der Waals surface area contributed by atoms with Crippen molar-refractivity contribution < 1.29 is 14.6 Å². The first-order valence-corrected chi connectivity index (χ1v) is 5.89. The van der Waals surface area contributed by atoms with Crippen LogP contribution in [0.4, 0.5) is 0 Å². The second kappa shape index (κ2) is 5.59. The number of rotatable bonds is 4. The maximum atomic E-state index is 10.7. The molecule has 5 nitrogen and oxygen atoms in total. The standard InChI is InChI=1S/C12H9BrN2O3/c13-9-6-14-12(15-7-9)18-10-4-2-1-3-8(10)5-11(16)17/h1-4,6-7H,5H2,(H,16,17). The molecule has 0 saturated heterocycles. The summed E-state index contributed by atoms with van der Waals surface area (Å²) in [6, 6.07) is 7.08. The van der Waals surface area contributed by atoms with Crippen molar-refractivity contribution in [1.82, 2.24) is 9.97 Å². The van der Waals surface area contributed by atoms with Crippen LogP contribution in [-0.4, -0.2) is 21.0 Å². The molecule has 2 aromatic rings. The minimum Gasteiger partial charge on any atom is -0.481 e. The van der Waals surface area contributed by atoms with Crippen LogP contribution < -0.4 is 4.74 Å². The summed E-state index contributed by atoms with van der Waals surface area (Å²) in [5.41, 5.74) is 0.580. The van der Waals surface area contributed by atoms with Gasteiger partial charge >= 0.3 is 12.0 Å². The lowest BCUT2D eigenvalue weighted by Crippen LogP contribution is -2.02. The fourth-order valence-corrected chi connectivity index (χ4v) is 1.57. The summed E-state index contributed by atoms with van der Waals surface area (Å²) in [6.07, 6.45) is 3.01. The van der Waals surface area contributed by atoms with E-state index in [0.29, 0.717) is 11.3 Å². The third-order valence-corrected chi connectivity index (χ3v) is 2.52. The molecule has 0 atom stereocenters. The van der Waals surface area contributed by atoms with E-state index in [0.717, 1.165) is 4.47 Å². The predicted octanol–water partition coefficient (Wildman–Crippen LogP) is 2.66. The van der Waals surface area contributed by atoms with Crippen molar-refractivity contribution in [2.75, 3.05) is 0 Å². The van der Waals surface area contributed by atoms with E-state index in [-0.39, 0.29) is 12.4 Å². The number of benzene rings is 1. The molecule has 0 radical (unpaired) electrons. The number of carboxylic acids is 1. The zero-order chi connectivity index (χ0) is 13.0. The largest absolute Gasteiger partial charge is 0.481 e. The molecule has 0 fully saturated rings. The quantitative estimate of drug-likeness (QED) is 0.940. The smallest absolute Gasteiger partial charge is 0.321 e. The maximum Gasteiger partial charge on any atom is 0.321 e.